The second-order valence-corrected chi connectivity index (χ2v) is 13.5. The summed E-state index contributed by atoms with van der Waals surface area (Å²) in [5, 5.41) is 3.61. The summed E-state index contributed by atoms with van der Waals surface area (Å²) in [7, 11) is -4.20. The van der Waals surface area contributed by atoms with Crippen LogP contribution in [0.1, 0.15) is 46.1 Å². The van der Waals surface area contributed by atoms with Crippen LogP contribution in [0.25, 0.3) is 0 Å². The van der Waals surface area contributed by atoms with Gasteiger partial charge in [0.15, 0.2) is 0 Å². The van der Waals surface area contributed by atoms with E-state index in [2.05, 4.69) is 21.2 Å². The molecule has 0 aliphatic heterocycles. The number of rotatable bonds is 14. The molecule has 232 valence electrons. The number of ether oxygens (including phenoxy) is 1. The number of hydrogen-bond donors (Lipinski definition) is 1. The van der Waals surface area contributed by atoms with Crippen molar-refractivity contribution in [3.05, 3.63) is 86.8 Å². The lowest BCUT2D eigenvalue weighted by Crippen LogP contribution is -2.53. The van der Waals surface area contributed by atoms with Crippen LogP contribution in [0.2, 0.25) is 10.0 Å². The van der Waals surface area contributed by atoms with Crippen LogP contribution in [-0.2, 0) is 26.2 Å². The first-order valence-electron chi connectivity index (χ1n) is 14.0. The molecule has 12 heteroatoms. The second kappa shape index (κ2) is 15.8. The lowest BCUT2D eigenvalue weighted by molar-refractivity contribution is -0.140. The van der Waals surface area contributed by atoms with Gasteiger partial charge >= 0.3 is 0 Å². The van der Waals surface area contributed by atoms with Crippen molar-refractivity contribution in [1.29, 1.82) is 0 Å². The van der Waals surface area contributed by atoms with Gasteiger partial charge in [0.05, 0.1) is 27.2 Å². The number of carbonyl (C=O) groups is 2. The van der Waals surface area contributed by atoms with Crippen LogP contribution >= 0.6 is 39.1 Å². The van der Waals surface area contributed by atoms with E-state index in [1.807, 2.05) is 20.8 Å². The molecule has 1 N–H and O–H groups in total. The topological polar surface area (TPSA) is 96.0 Å². The number of sulfonamides is 1. The molecule has 3 aromatic carbocycles. The van der Waals surface area contributed by atoms with Crippen LogP contribution in [0.5, 0.6) is 5.75 Å². The maximum Gasteiger partial charge on any atom is 0.264 e. The van der Waals surface area contributed by atoms with Gasteiger partial charge in [0.1, 0.15) is 18.3 Å². The third kappa shape index (κ3) is 9.11. The molecule has 2 amide bonds. The SMILES string of the molecule is CCOc1ccc(N(CC(=O)N(Cc2ccc(Cl)c(Cl)c2)C(CC)C(=O)NC(C)CC)S(=O)(=O)c2ccc(Br)cc2)cc1. The summed E-state index contributed by atoms with van der Waals surface area (Å²) < 4.78 is 35.3. The second-order valence-electron chi connectivity index (χ2n) is 9.90. The van der Waals surface area contributed by atoms with Crippen LogP contribution in [0.15, 0.2) is 76.1 Å². The zero-order chi connectivity index (χ0) is 31.7. The third-order valence-electron chi connectivity index (χ3n) is 6.84. The Kier molecular flexibility index (Phi) is 12.7. The van der Waals surface area contributed by atoms with Gasteiger partial charge in [0.2, 0.25) is 11.8 Å². The van der Waals surface area contributed by atoms with E-state index in [0.29, 0.717) is 45.3 Å². The standard InChI is InChI=1S/C31H36BrCl2N3O5S/c1-5-21(4)35-31(39)29(6-2)36(19-22-8-17-27(33)28(34)18-22)30(38)20-37(24-11-13-25(14-12-24)42-7-3)43(40,41)26-15-9-23(32)10-16-26/h8-18,21,29H,5-7,19-20H2,1-4H3,(H,35,39). The minimum absolute atomic E-state index is 0.00923. The van der Waals surface area contributed by atoms with Crippen LogP contribution in [-0.4, -0.2) is 50.4 Å². The van der Waals surface area contributed by atoms with Gasteiger partial charge in [0.25, 0.3) is 10.0 Å². The highest BCUT2D eigenvalue weighted by Gasteiger charge is 2.34. The normalized spacial score (nSPS) is 12.7. The Morgan fingerprint density at radius 2 is 1.58 bits per heavy atom. The van der Waals surface area contributed by atoms with E-state index < -0.39 is 28.5 Å². The third-order valence-corrected chi connectivity index (χ3v) is 9.90. The van der Waals surface area contributed by atoms with Crippen molar-refractivity contribution < 1.29 is 22.7 Å². The predicted molar refractivity (Wildman–Crippen MR) is 175 cm³/mol. The first-order valence-corrected chi connectivity index (χ1v) is 16.9. The average Bonchev–Trinajstić information content (AvgIpc) is 2.98. The molecule has 8 nitrogen and oxygen atoms in total. The van der Waals surface area contributed by atoms with Crippen molar-refractivity contribution in [3.63, 3.8) is 0 Å². The molecule has 43 heavy (non-hydrogen) atoms. The number of hydrogen-bond acceptors (Lipinski definition) is 5. The Morgan fingerprint density at radius 1 is 0.930 bits per heavy atom. The van der Waals surface area contributed by atoms with Gasteiger partial charge < -0.3 is 15.0 Å². The fourth-order valence-electron chi connectivity index (χ4n) is 4.33. The molecule has 0 heterocycles. The van der Waals surface area contributed by atoms with Crippen molar-refractivity contribution in [2.24, 2.45) is 0 Å². The first-order chi connectivity index (χ1) is 20.4. The van der Waals surface area contributed by atoms with E-state index in [0.717, 1.165) is 4.31 Å². The maximum absolute atomic E-state index is 14.2. The average molecular weight is 714 g/mol. The minimum Gasteiger partial charge on any atom is -0.494 e. The van der Waals surface area contributed by atoms with Gasteiger partial charge in [-0.25, -0.2) is 8.42 Å². The largest absolute Gasteiger partial charge is 0.494 e. The summed E-state index contributed by atoms with van der Waals surface area (Å²) in [6.07, 6.45) is 1.01. The molecule has 2 unspecified atom stereocenters. The van der Waals surface area contributed by atoms with Crippen LogP contribution in [0.4, 0.5) is 5.69 Å². The Labute approximate surface area is 272 Å². The monoisotopic (exact) mass is 711 g/mol. The summed E-state index contributed by atoms with van der Waals surface area (Å²) in [6, 6.07) is 16.6. The number of halogens is 3. The van der Waals surface area contributed by atoms with Crippen LogP contribution in [0, 0.1) is 0 Å². The molecule has 0 spiro atoms. The van der Waals surface area contributed by atoms with Crippen LogP contribution in [0.3, 0.4) is 0 Å². The summed E-state index contributed by atoms with van der Waals surface area (Å²) in [4.78, 5) is 29.0. The van der Waals surface area contributed by atoms with Crippen LogP contribution < -0.4 is 14.4 Å². The first kappa shape index (κ1) is 34.7. The summed E-state index contributed by atoms with van der Waals surface area (Å²) in [5.41, 5.74) is 0.909. The van der Waals surface area contributed by atoms with Gasteiger partial charge in [-0.15, -0.1) is 0 Å². The zero-order valence-corrected chi connectivity index (χ0v) is 28.4. The maximum atomic E-state index is 14.2. The number of anilines is 1. The fraction of sp³-hybridized carbons (Fsp3) is 0.355. The molecule has 0 saturated carbocycles. The van der Waals surface area contributed by atoms with Gasteiger partial charge in [-0.1, -0.05) is 59.0 Å². The number of nitrogens with zero attached hydrogens (tertiary/aromatic N) is 2. The summed E-state index contributed by atoms with van der Waals surface area (Å²) in [5.74, 6) is -0.326. The fourth-order valence-corrected chi connectivity index (χ4v) is 6.33. The predicted octanol–water partition coefficient (Wildman–Crippen LogP) is 7.07. The van der Waals surface area contributed by atoms with Gasteiger partial charge in [-0.05, 0) is 92.9 Å². The van der Waals surface area contributed by atoms with E-state index in [9.17, 15) is 18.0 Å². The van der Waals surface area contributed by atoms with Crippen molar-refractivity contribution in [2.45, 2.75) is 64.1 Å². The molecular weight excluding hydrogens is 677 g/mol. The minimum atomic E-state index is -4.20. The van der Waals surface area contributed by atoms with Crippen molar-refractivity contribution in [3.8, 4) is 5.75 Å². The molecule has 0 bridgehead atoms. The molecule has 0 radical (unpaired) electrons. The van der Waals surface area contributed by atoms with Gasteiger partial charge in [-0.2, -0.15) is 0 Å². The summed E-state index contributed by atoms with van der Waals surface area (Å²) in [6.45, 7) is 7.39. The molecular formula is C31H36BrCl2N3O5S. The quantitative estimate of drug-likeness (QED) is 0.193. The highest BCUT2D eigenvalue weighted by molar-refractivity contribution is 9.10. The Bertz CT molecular complexity index is 1500. The Morgan fingerprint density at radius 3 is 2.14 bits per heavy atom. The molecule has 0 saturated heterocycles. The highest BCUT2D eigenvalue weighted by Crippen LogP contribution is 2.28. The van der Waals surface area contributed by atoms with Crippen molar-refractivity contribution in [1.82, 2.24) is 10.2 Å². The van der Waals surface area contributed by atoms with E-state index >= 15 is 0 Å². The van der Waals surface area contributed by atoms with E-state index in [1.165, 1.54) is 17.0 Å². The van der Waals surface area contributed by atoms with E-state index in [-0.39, 0.29) is 29.1 Å². The number of benzene rings is 3. The van der Waals surface area contributed by atoms with E-state index in [1.54, 1.807) is 61.5 Å². The highest BCUT2D eigenvalue weighted by atomic mass is 79.9. The lowest BCUT2D eigenvalue weighted by atomic mass is 10.1. The zero-order valence-electron chi connectivity index (χ0n) is 24.5. The smallest absolute Gasteiger partial charge is 0.264 e. The molecule has 2 atom stereocenters. The molecule has 0 fully saturated rings. The van der Waals surface area contributed by atoms with Gasteiger partial charge in [-0.3, -0.25) is 13.9 Å². The Hall–Kier alpha value is -2.79. The molecule has 0 aromatic heterocycles. The van der Waals surface area contributed by atoms with Crippen molar-refractivity contribution >= 4 is 66.7 Å². The van der Waals surface area contributed by atoms with Gasteiger partial charge in [0, 0.05) is 17.1 Å². The number of nitrogens with one attached hydrogen (secondary N) is 1. The molecule has 3 aromatic rings. The molecule has 3 rings (SSSR count). The molecule has 0 aliphatic rings. The Balaban J connectivity index is 2.08. The number of amides is 2. The summed E-state index contributed by atoms with van der Waals surface area (Å²) >= 11 is 15.7. The van der Waals surface area contributed by atoms with Crippen molar-refractivity contribution in [2.75, 3.05) is 17.5 Å². The van der Waals surface area contributed by atoms with E-state index in [4.69, 9.17) is 27.9 Å². The number of carbonyl (C=O) groups excluding carboxylic acids is 2. The molecule has 0 aliphatic carbocycles. The lowest BCUT2D eigenvalue weighted by Gasteiger charge is -2.33.